The zero-order chi connectivity index (χ0) is 29.9. The van der Waals surface area contributed by atoms with Crippen LogP contribution in [0.2, 0.25) is 0 Å². The molecule has 3 saturated carbocycles. The molecule has 0 saturated heterocycles. The minimum Gasteiger partial charge on any atom is -0.252 e. The van der Waals surface area contributed by atoms with Gasteiger partial charge in [0.1, 0.15) is 0 Å². The zero-order valence-electron chi connectivity index (χ0n) is 26.6. The zero-order valence-corrected chi connectivity index (χ0v) is 28.1. The van der Waals surface area contributed by atoms with Crippen molar-refractivity contribution in [3.05, 3.63) is 35.9 Å². The van der Waals surface area contributed by atoms with E-state index in [1.165, 1.54) is 62.7 Å². The van der Waals surface area contributed by atoms with Gasteiger partial charge in [0, 0.05) is 11.3 Å². The number of alkyl halides is 1. The van der Waals surface area contributed by atoms with Gasteiger partial charge in [-0.2, -0.15) is 10.1 Å². The summed E-state index contributed by atoms with van der Waals surface area (Å²) in [5.41, 5.74) is 9.26. The molecular formula is C36H48ClN5S. The quantitative estimate of drug-likeness (QED) is 0.212. The summed E-state index contributed by atoms with van der Waals surface area (Å²) in [5.74, 6) is 4.19. The topological polar surface area (TPSA) is 63.1 Å². The van der Waals surface area contributed by atoms with Gasteiger partial charge in [-0.25, -0.2) is 9.97 Å². The van der Waals surface area contributed by atoms with Crippen LogP contribution in [0.4, 0.5) is 5.13 Å². The summed E-state index contributed by atoms with van der Waals surface area (Å²) >= 11 is 8.33. The molecule has 7 heteroatoms. The number of benzene rings is 1. The lowest BCUT2D eigenvalue weighted by Gasteiger charge is -2.58. The van der Waals surface area contributed by atoms with Crippen LogP contribution in [0.3, 0.4) is 0 Å². The number of anilines is 1. The highest BCUT2D eigenvalue weighted by molar-refractivity contribution is 7.21. The van der Waals surface area contributed by atoms with E-state index < -0.39 is 0 Å². The van der Waals surface area contributed by atoms with Gasteiger partial charge in [-0.1, -0.05) is 82.9 Å². The van der Waals surface area contributed by atoms with E-state index in [9.17, 15) is 0 Å². The van der Waals surface area contributed by atoms with Gasteiger partial charge < -0.3 is 0 Å². The van der Waals surface area contributed by atoms with Crippen LogP contribution in [0.5, 0.6) is 0 Å². The summed E-state index contributed by atoms with van der Waals surface area (Å²) in [6.07, 6.45) is 15.2. The molecule has 2 heterocycles. The standard InChI is InChI=1S/C36H48ClN5S/c1-21(2)9-8-10-22(3)25-13-14-26-31-27(16-18-36(25,26)5)35(4)17-15-24(37)19-23(35)20-30(31)41-42-34-40-32-33(43-34)39-29-12-7-6-11-28(29)38-32/h6-7,11-12,20-22,24-27,31H,8-10,13-19H2,1-5H3,(H,38,40,42)/b41-30+/t22-,24+,25-,26+,27+,31+,35+,36-/m1/s1. The lowest BCUT2D eigenvalue weighted by molar-refractivity contribution is -0.0212. The minimum atomic E-state index is 0.233. The van der Waals surface area contributed by atoms with Gasteiger partial charge in [-0.15, -0.1) is 11.6 Å². The molecule has 43 heavy (non-hydrogen) atoms. The Bertz CT molecular complexity index is 1510. The van der Waals surface area contributed by atoms with Crippen molar-refractivity contribution in [1.82, 2.24) is 15.0 Å². The molecule has 7 rings (SSSR count). The van der Waals surface area contributed by atoms with Crippen LogP contribution in [0.25, 0.3) is 21.5 Å². The Labute approximate surface area is 266 Å². The van der Waals surface area contributed by atoms with E-state index in [-0.39, 0.29) is 10.8 Å². The Morgan fingerprint density at radius 2 is 1.77 bits per heavy atom. The van der Waals surface area contributed by atoms with Gasteiger partial charge in [-0.3, -0.25) is 5.43 Å². The largest absolute Gasteiger partial charge is 0.252 e. The Morgan fingerprint density at radius 3 is 2.56 bits per heavy atom. The molecule has 0 spiro atoms. The van der Waals surface area contributed by atoms with Crippen LogP contribution >= 0.6 is 22.9 Å². The third kappa shape index (κ3) is 5.22. The number of nitrogens with zero attached hydrogens (tertiary/aromatic N) is 4. The summed E-state index contributed by atoms with van der Waals surface area (Å²) in [4.78, 5) is 15.2. The Hall–Kier alpha value is -2.05. The molecule has 0 aliphatic heterocycles. The van der Waals surface area contributed by atoms with E-state index in [0.717, 1.165) is 51.6 Å². The lowest BCUT2D eigenvalue weighted by Crippen LogP contribution is -2.53. The average molecular weight is 618 g/mol. The molecule has 4 aliphatic rings. The average Bonchev–Trinajstić information content (AvgIpc) is 3.54. The van der Waals surface area contributed by atoms with Crippen LogP contribution in [-0.2, 0) is 0 Å². The number of allylic oxidation sites excluding steroid dienone is 2. The molecule has 1 aromatic carbocycles. The number of halogens is 1. The fraction of sp³-hybridized carbons (Fsp3) is 0.667. The van der Waals surface area contributed by atoms with Gasteiger partial charge in [0.05, 0.1) is 16.7 Å². The molecule has 8 atom stereocenters. The third-order valence-electron chi connectivity index (χ3n) is 12.3. The lowest BCUT2D eigenvalue weighted by atomic mass is 9.46. The van der Waals surface area contributed by atoms with Gasteiger partial charge in [0.25, 0.3) is 0 Å². The molecule has 0 bridgehead atoms. The SMILES string of the molecule is CC(C)CCC[C@@H](C)[C@H]1CC[C@H]2[C@@H]3/C(=N/Nc4nc5nc6ccccc6nc5s4)C=C4C[C@@H](Cl)CC[C@]4(C)[C@H]3CC[C@]12C. The monoisotopic (exact) mass is 617 g/mol. The highest BCUT2D eigenvalue weighted by Crippen LogP contribution is 2.67. The second-order valence-electron chi connectivity index (χ2n) is 15.2. The molecule has 5 nitrogen and oxygen atoms in total. The third-order valence-corrected chi connectivity index (χ3v) is 13.5. The van der Waals surface area contributed by atoms with E-state index in [1.807, 2.05) is 24.3 Å². The number of aromatic nitrogens is 3. The molecule has 230 valence electrons. The Balaban J connectivity index is 1.21. The van der Waals surface area contributed by atoms with E-state index in [1.54, 1.807) is 11.3 Å². The van der Waals surface area contributed by atoms with E-state index in [0.29, 0.717) is 28.8 Å². The molecule has 2 aromatic heterocycles. The number of hydrazone groups is 1. The summed E-state index contributed by atoms with van der Waals surface area (Å²) in [6.45, 7) is 12.5. The van der Waals surface area contributed by atoms with Crippen molar-refractivity contribution in [2.24, 2.45) is 51.4 Å². The first kappa shape index (κ1) is 29.6. The molecule has 0 radical (unpaired) electrons. The predicted molar refractivity (Wildman–Crippen MR) is 182 cm³/mol. The number of nitrogens with one attached hydrogen (secondary N) is 1. The maximum absolute atomic E-state index is 6.79. The van der Waals surface area contributed by atoms with Crippen LogP contribution in [0, 0.1) is 46.3 Å². The van der Waals surface area contributed by atoms with Crippen LogP contribution in [-0.4, -0.2) is 26.0 Å². The van der Waals surface area contributed by atoms with Crippen molar-refractivity contribution in [3.63, 3.8) is 0 Å². The van der Waals surface area contributed by atoms with Crippen molar-refractivity contribution in [3.8, 4) is 0 Å². The van der Waals surface area contributed by atoms with E-state index in [2.05, 4.69) is 46.1 Å². The smallest absolute Gasteiger partial charge is 0.207 e. The molecule has 3 aromatic rings. The number of hydrogen-bond donors (Lipinski definition) is 1. The Kier molecular flexibility index (Phi) is 7.85. The normalized spacial score (nSPS) is 35.6. The molecular weight excluding hydrogens is 570 g/mol. The minimum absolute atomic E-state index is 0.233. The second-order valence-corrected chi connectivity index (χ2v) is 16.8. The van der Waals surface area contributed by atoms with Gasteiger partial charge in [0.2, 0.25) is 5.13 Å². The number of fused-ring (bicyclic) bond motifs is 7. The van der Waals surface area contributed by atoms with Crippen molar-refractivity contribution in [2.75, 3.05) is 5.43 Å². The van der Waals surface area contributed by atoms with Crippen molar-refractivity contribution >= 4 is 55.3 Å². The van der Waals surface area contributed by atoms with Gasteiger partial charge in [0.15, 0.2) is 10.5 Å². The number of hydrogen-bond acceptors (Lipinski definition) is 6. The number of para-hydroxylation sites is 2. The summed E-state index contributed by atoms with van der Waals surface area (Å²) in [7, 11) is 0. The molecule has 0 unspecified atom stereocenters. The highest BCUT2D eigenvalue weighted by atomic mass is 35.5. The van der Waals surface area contributed by atoms with Crippen LogP contribution in [0.15, 0.2) is 41.0 Å². The predicted octanol–water partition coefficient (Wildman–Crippen LogP) is 10.3. The summed E-state index contributed by atoms with van der Waals surface area (Å²) in [5, 5.41) is 6.22. The fourth-order valence-corrected chi connectivity index (χ4v) is 11.0. The second kappa shape index (κ2) is 11.4. The van der Waals surface area contributed by atoms with E-state index >= 15 is 0 Å². The number of thiazole rings is 1. The van der Waals surface area contributed by atoms with Gasteiger partial charge >= 0.3 is 0 Å². The molecule has 1 N–H and O–H groups in total. The van der Waals surface area contributed by atoms with E-state index in [4.69, 9.17) is 31.7 Å². The van der Waals surface area contributed by atoms with Crippen molar-refractivity contribution in [1.29, 1.82) is 0 Å². The van der Waals surface area contributed by atoms with Crippen LogP contribution < -0.4 is 5.43 Å². The molecule has 3 fully saturated rings. The maximum atomic E-state index is 6.79. The number of rotatable bonds is 7. The van der Waals surface area contributed by atoms with Crippen molar-refractivity contribution < 1.29 is 0 Å². The molecule has 0 amide bonds. The fourth-order valence-electron chi connectivity index (χ4n) is 10.00. The first-order valence-corrected chi connectivity index (χ1v) is 18.1. The van der Waals surface area contributed by atoms with Crippen molar-refractivity contribution in [2.45, 2.75) is 104 Å². The maximum Gasteiger partial charge on any atom is 0.207 e. The summed E-state index contributed by atoms with van der Waals surface area (Å²) in [6, 6.07) is 8.00. The first-order valence-electron chi connectivity index (χ1n) is 16.9. The van der Waals surface area contributed by atoms with Crippen LogP contribution in [0.1, 0.15) is 98.8 Å². The van der Waals surface area contributed by atoms with Gasteiger partial charge in [-0.05, 0) is 104 Å². The molecule has 4 aliphatic carbocycles. The summed E-state index contributed by atoms with van der Waals surface area (Å²) < 4.78 is 0. The first-order chi connectivity index (χ1) is 20.7. The Morgan fingerprint density at radius 1 is 0.977 bits per heavy atom. The highest BCUT2D eigenvalue weighted by Gasteiger charge is 2.60.